The third-order valence-electron chi connectivity index (χ3n) is 4.26. The lowest BCUT2D eigenvalue weighted by Crippen LogP contribution is -2.19. The third kappa shape index (κ3) is 3.55. The number of fused-ring (bicyclic) bond motifs is 2. The van der Waals surface area contributed by atoms with Crippen molar-refractivity contribution in [3.63, 3.8) is 0 Å². The molecule has 2 aliphatic rings. The fourth-order valence-corrected chi connectivity index (χ4v) is 3.27. The van der Waals surface area contributed by atoms with Gasteiger partial charge in [0.2, 0.25) is 5.91 Å². The number of hydrogen-bond donors (Lipinski definition) is 1. The summed E-state index contributed by atoms with van der Waals surface area (Å²) in [7, 11) is 0. The highest BCUT2D eigenvalue weighted by molar-refractivity contribution is 5.76. The molecule has 2 aliphatic carbocycles. The molecule has 2 rings (SSSR count). The lowest BCUT2D eigenvalue weighted by atomic mass is 9.90. The van der Waals surface area contributed by atoms with Gasteiger partial charge in [0.25, 0.3) is 0 Å². The van der Waals surface area contributed by atoms with Crippen LogP contribution in [0.4, 0.5) is 0 Å². The van der Waals surface area contributed by atoms with Crippen molar-refractivity contribution in [2.24, 2.45) is 22.9 Å². The van der Waals surface area contributed by atoms with E-state index in [9.17, 15) is 4.79 Å². The molecule has 3 unspecified atom stereocenters. The molecule has 3 heteroatoms. The van der Waals surface area contributed by atoms with Crippen molar-refractivity contribution in [2.45, 2.75) is 58.3 Å². The van der Waals surface area contributed by atoms with E-state index in [0.717, 1.165) is 31.1 Å². The van der Waals surface area contributed by atoms with Crippen LogP contribution in [0.3, 0.4) is 0 Å². The largest absolute Gasteiger partial charge is 0.273 e. The van der Waals surface area contributed by atoms with Gasteiger partial charge in [0.1, 0.15) is 0 Å². The predicted octanol–water partition coefficient (Wildman–Crippen LogP) is 3.10. The van der Waals surface area contributed by atoms with Gasteiger partial charge in [-0.2, -0.15) is 5.10 Å². The normalized spacial score (nSPS) is 31.2. The molecule has 2 bridgehead atoms. The molecule has 0 spiro atoms. The molecule has 0 saturated heterocycles. The van der Waals surface area contributed by atoms with E-state index in [-0.39, 0.29) is 5.91 Å². The van der Waals surface area contributed by atoms with E-state index in [4.69, 9.17) is 0 Å². The summed E-state index contributed by atoms with van der Waals surface area (Å²) in [5.41, 5.74) is 2.66. The van der Waals surface area contributed by atoms with Crippen molar-refractivity contribution >= 4 is 12.1 Å². The highest BCUT2D eigenvalue weighted by atomic mass is 16.2. The van der Waals surface area contributed by atoms with E-state index in [1.54, 1.807) is 0 Å². The fourth-order valence-electron chi connectivity index (χ4n) is 3.27. The van der Waals surface area contributed by atoms with Gasteiger partial charge in [-0.3, -0.25) is 4.79 Å². The van der Waals surface area contributed by atoms with Gasteiger partial charge in [-0.1, -0.05) is 26.2 Å². The maximum absolute atomic E-state index is 11.4. The summed E-state index contributed by atoms with van der Waals surface area (Å²) < 4.78 is 0. The zero-order valence-corrected chi connectivity index (χ0v) is 10.8. The molecule has 2 fully saturated rings. The Morgan fingerprint density at radius 1 is 1.35 bits per heavy atom. The molecule has 3 atom stereocenters. The molecule has 1 amide bonds. The molecule has 0 aliphatic heterocycles. The van der Waals surface area contributed by atoms with Crippen LogP contribution in [0.2, 0.25) is 0 Å². The lowest BCUT2D eigenvalue weighted by Gasteiger charge is -2.16. The average Bonchev–Trinajstić information content (AvgIpc) is 2.91. The SMILES string of the molecule is CCCCCC(=O)NN=CC1CC2CCC1C2. The van der Waals surface area contributed by atoms with Crippen LogP contribution < -0.4 is 5.43 Å². The number of hydrazone groups is 1. The van der Waals surface area contributed by atoms with Gasteiger partial charge < -0.3 is 0 Å². The molecule has 17 heavy (non-hydrogen) atoms. The second kappa shape index (κ2) is 6.18. The van der Waals surface area contributed by atoms with E-state index in [1.807, 2.05) is 6.21 Å². The summed E-state index contributed by atoms with van der Waals surface area (Å²) in [6, 6.07) is 0. The monoisotopic (exact) mass is 236 g/mol. The zero-order valence-electron chi connectivity index (χ0n) is 10.8. The standard InChI is InChI=1S/C14H24N2O/c1-2-3-4-5-14(17)16-15-10-13-9-11-6-7-12(13)8-11/h10-13H,2-9H2,1H3,(H,16,17). The minimum atomic E-state index is 0.0675. The van der Waals surface area contributed by atoms with Crippen molar-refractivity contribution in [1.82, 2.24) is 5.43 Å². The molecule has 0 radical (unpaired) electrons. The molecule has 0 aromatic heterocycles. The molecule has 1 N–H and O–H groups in total. The minimum Gasteiger partial charge on any atom is -0.273 e. The van der Waals surface area contributed by atoms with Crippen LogP contribution in [0.1, 0.15) is 58.3 Å². The smallest absolute Gasteiger partial charge is 0.240 e. The van der Waals surface area contributed by atoms with Gasteiger partial charge in [0.05, 0.1) is 0 Å². The molecule has 2 saturated carbocycles. The molecule has 3 nitrogen and oxygen atoms in total. The van der Waals surface area contributed by atoms with Crippen LogP contribution in [0.15, 0.2) is 5.10 Å². The Labute approximate surface area is 104 Å². The Morgan fingerprint density at radius 3 is 2.88 bits per heavy atom. The molecule has 0 heterocycles. The second-order valence-electron chi connectivity index (χ2n) is 5.61. The van der Waals surface area contributed by atoms with Crippen molar-refractivity contribution in [1.29, 1.82) is 0 Å². The summed E-state index contributed by atoms with van der Waals surface area (Å²) >= 11 is 0. The maximum atomic E-state index is 11.4. The lowest BCUT2D eigenvalue weighted by molar-refractivity contribution is -0.121. The summed E-state index contributed by atoms with van der Waals surface area (Å²) in [6.45, 7) is 2.14. The quantitative estimate of drug-likeness (QED) is 0.430. The van der Waals surface area contributed by atoms with Crippen LogP contribution in [0, 0.1) is 17.8 Å². The van der Waals surface area contributed by atoms with Crippen LogP contribution in [0.5, 0.6) is 0 Å². The van der Waals surface area contributed by atoms with Crippen LogP contribution in [0.25, 0.3) is 0 Å². The minimum absolute atomic E-state index is 0.0675. The number of unbranched alkanes of at least 4 members (excludes halogenated alkanes) is 2. The van der Waals surface area contributed by atoms with Crippen molar-refractivity contribution < 1.29 is 4.79 Å². The van der Waals surface area contributed by atoms with Crippen LogP contribution in [-0.2, 0) is 4.79 Å². The molecular formula is C14H24N2O. The van der Waals surface area contributed by atoms with Crippen molar-refractivity contribution in [2.75, 3.05) is 0 Å². The predicted molar refractivity (Wildman–Crippen MR) is 69.7 cm³/mol. The first kappa shape index (κ1) is 12.6. The van der Waals surface area contributed by atoms with E-state index >= 15 is 0 Å². The number of nitrogens with one attached hydrogen (secondary N) is 1. The highest BCUT2D eigenvalue weighted by Crippen LogP contribution is 2.47. The maximum Gasteiger partial charge on any atom is 0.240 e. The van der Waals surface area contributed by atoms with Crippen LogP contribution in [-0.4, -0.2) is 12.1 Å². The Bertz CT molecular complexity index is 288. The molecule has 96 valence electrons. The van der Waals surface area contributed by atoms with Gasteiger partial charge in [-0.25, -0.2) is 5.43 Å². The Morgan fingerprint density at radius 2 is 2.24 bits per heavy atom. The van der Waals surface area contributed by atoms with E-state index in [2.05, 4.69) is 17.5 Å². The van der Waals surface area contributed by atoms with Crippen molar-refractivity contribution in [3.8, 4) is 0 Å². The van der Waals surface area contributed by atoms with E-state index in [0.29, 0.717) is 12.3 Å². The van der Waals surface area contributed by atoms with E-state index < -0.39 is 0 Å². The first-order valence-electron chi connectivity index (χ1n) is 7.11. The highest BCUT2D eigenvalue weighted by Gasteiger charge is 2.38. The zero-order chi connectivity index (χ0) is 12.1. The van der Waals surface area contributed by atoms with Crippen molar-refractivity contribution in [3.05, 3.63) is 0 Å². The third-order valence-corrected chi connectivity index (χ3v) is 4.26. The van der Waals surface area contributed by atoms with Gasteiger partial charge in [-0.05, 0) is 43.4 Å². The summed E-state index contributed by atoms with van der Waals surface area (Å²) in [4.78, 5) is 11.4. The fraction of sp³-hybridized carbons (Fsp3) is 0.857. The first-order valence-corrected chi connectivity index (χ1v) is 7.11. The Balaban J connectivity index is 1.62. The summed E-state index contributed by atoms with van der Waals surface area (Å²) in [5, 5.41) is 4.13. The summed E-state index contributed by atoms with van der Waals surface area (Å²) in [6.07, 6.45) is 11.3. The first-order chi connectivity index (χ1) is 8.29. The number of carbonyl (C=O) groups excluding carboxylic acids is 1. The number of hydrogen-bond acceptors (Lipinski definition) is 2. The molecule has 0 aromatic rings. The van der Waals surface area contributed by atoms with Gasteiger partial charge >= 0.3 is 0 Å². The Kier molecular flexibility index (Phi) is 4.57. The number of rotatable bonds is 6. The summed E-state index contributed by atoms with van der Waals surface area (Å²) in [5.74, 6) is 2.49. The van der Waals surface area contributed by atoms with Gasteiger partial charge in [0.15, 0.2) is 0 Å². The average molecular weight is 236 g/mol. The number of amides is 1. The molecule has 0 aromatic carbocycles. The van der Waals surface area contributed by atoms with Gasteiger partial charge in [0, 0.05) is 12.6 Å². The van der Waals surface area contributed by atoms with E-state index in [1.165, 1.54) is 25.7 Å². The van der Waals surface area contributed by atoms with Crippen LogP contribution >= 0.6 is 0 Å². The Hall–Kier alpha value is -0.860. The number of nitrogens with zero attached hydrogens (tertiary/aromatic N) is 1. The molecular weight excluding hydrogens is 212 g/mol. The van der Waals surface area contributed by atoms with Gasteiger partial charge in [-0.15, -0.1) is 0 Å². The topological polar surface area (TPSA) is 41.5 Å². The number of carbonyl (C=O) groups is 1. The second-order valence-corrected chi connectivity index (χ2v) is 5.61.